The summed E-state index contributed by atoms with van der Waals surface area (Å²) in [7, 11) is 0. The molecular formula is C14H17BrN2O. The van der Waals surface area contributed by atoms with Crippen LogP contribution in [0.5, 0.6) is 5.75 Å². The zero-order valence-electron chi connectivity index (χ0n) is 10.4. The summed E-state index contributed by atoms with van der Waals surface area (Å²) in [5.74, 6) is 0.823. The molecule has 0 radical (unpaired) electrons. The van der Waals surface area contributed by atoms with E-state index in [1.54, 1.807) is 0 Å². The number of rotatable bonds is 5. The minimum atomic E-state index is -0.0563. The summed E-state index contributed by atoms with van der Waals surface area (Å²) in [6, 6.07) is 8.08. The van der Waals surface area contributed by atoms with E-state index >= 15 is 0 Å². The highest BCUT2D eigenvalue weighted by molar-refractivity contribution is 9.10. The van der Waals surface area contributed by atoms with Gasteiger partial charge in [0.1, 0.15) is 5.75 Å². The molecule has 0 saturated heterocycles. The summed E-state index contributed by atoms with van der Waals surface area (Å²) in [5.41, 5.74) is 7.03. The van der Waals surface area contributed by atoms with Crippen LogP contribution in [-0.4, -0.2) is 6.61 Å². The lowest BCUT2D eigenvalue weighted by Gasteiger charge is -2.17. The summed E-state index contributed by atoms with van der Waals surface area (Å²) < 4.78 is 6.88. The van der Waals surface area contributed by atoms with E-state index in [9.17, 15) is 0 Å². The molecule has 0 spiro atoms. The Morgan fingerprint density at radius 2 is 2.28 bits per heavy atom. The zero-order valence-corrected chi connectivity index (χ0v) is 12.0. The van der Waals surface area contributed by atoms with Crippen molar-refractivity contribution in [3.63, 3.8) is 0 Å². The van der Waals surface area contributed by atoms with E-state index in [2.05, 4.69) is 22.0 Å². The Balaban J connectivity index is 2.09. The number of halogens is 1. The van der Waals surface area contributed by atoms with Crippen LogP contribution in [0.25, 0.3) is 0 Å². The normalized spacial score (nSPS) is 17.9. The molecule has 96 valence electrons. The van der Waals surface area contributed by atoms with Gasteiger partial charge in [-0.05, 0) is 31.9 Å². The molecule has 0 aliphatic heterocycles. The number of ether oxygens (including phenoxy) is 1. The lowest BCUT2D eigenvalue weighted by Crippen LogP contribution is -2.15. The second-order valence-electron chi connectivity index (χ2n) is 5.09. The number of benzene rings is 1. The lowest BCUT2D eigenvalue weighted by molar-refractivity contribution is 0.234. The number of nitriles is 1. The fourth-order valence-corrected chi connectivity index (χ4v) is 2.30. The fraction of sp³-hybridized carbons (Fsp3) is 0.500. The van der Waals surface area contributed by atoms with Gasteiger partial charge < -0.3 is 10.5 Å². The highest BCUT2D eigenvalue weighted by Crippen LogP contribution is 2.49. The number of hydrogen-bond donors (Lipinski definition) is 1. The third-order valence-electron chi connectivity index (χ3n) is 3.41. The Bertz CT molecular complexity index is 475. The maximum atomic E-state index is 8.79. The summed E-state index contributed by atoms with van der Waals surface area (Å²) in [6.07, 6.45) is 2.75. The predicted octanol–water partition coefficient (Wildman–Crippen LogP) is 3.54. The molecule has 0 amide bonds. The first-order valence-corrected chi connectivity index (χ1v) is 6.90. The van der Waals surface area contributed by atoms with E-state index < -0.39 is 0 Å². The van der Waals surface area contributed by atoms with Gasteiger partial charge in [-0.1, -0.05) is 22.0 Å². The molecule has 0 bridgehead atoms. The van der Waals surface area contributed by atoms with Crippen molar-refractivity contribution in [2.75, 3.05) is 6.61 Å². The van der Waals surface area contributed by atoms with E-state index in [4.69, 9.17) is 15.7 Å². The average molecular weight is 309 g/mol. The lowest BCUT2D eigenvalue weighted by atomic mass is 10.0. The van der Waals surface area contributed by atoms with Gasteiger partial charge in [0.05, 0.1) is 12.7 Å². The van der Waals surface area contributed by atoms with Crippen molar-refractivity contribution in [2.45, 2.75) is 32.2 Å². The van der Waals surface area contributed by atoms with Crippen LogP contribution in [0.4, 0.5) is 0 Å². The first kappa shape index (κ1) is 13.4. The number of nitrogens with zero attached hydrogens (tertiary/aromatic N) is 1. The Labute approximate surface area is 116 Å². The molecule has 1 aromatic carbocycles. The summed E-state index contributed by atoms with van der Waals surface area (Å²) in [5, 5.41) is 8.79. The number of hydrogen-bond acceptors (Lipinski definition) is 3. The first-order chi connectivity index (χ1) is 8.56. The Morgan fingerprint density at radius 3 is 2.83 bits per heavy atom. The highest BCUT2D eigenvalue weighted by Gasteiger charge is 2.43. The molecule has 1 aliphatic rings. The van der Waals surface area contributed by atoms with Crippen LogP contribution >= 0.6 is 15.9 Å². The van der Waals surface area contributed by atoms with Crippen molar-refractivity contribution in [1.82, 2.24) is 0 Å². The van der Waals surface area contributed by atoms with Crippen LogP contribution < -0.4 is 10.5 Å². The van der Waals surface area contributed by atoms with Crippen molar-refractivity contribution < 1.29 is 4.74 Å². The Hall–Kier alpha value is -1.05. The molecule has 0 unspecified atom stereocenters. The van der Waals surface area contributed by atoms with E-state index in [0.29, 0.717) is 13.0 Å². The smallest absolute Gasteiger partial charge is 0.125 e. The van der Waals surface area contributed by atoms with Crippen molar-refractivity contribution in [2.24, 2.45) is 11.1 Å². The molecule has 3 nitrogen and oxygen atoms in total. The largest absolute Gasteiger partial charge is 0.493 e. The van der Waals surface area contributed by atoms with Gasteiger partial charge in [0.15, 0.2) is 0 Å². The van der Waals surface area contributed by atoms with Crippen LogP contribution in [0.15, 0.2) is 22.7 Å². The maximum absolute atomic E-state index is 8.79. The second kappa shape index (κ2) is 5.29. The molecule has 2 rings (SSSR count). The monoisotopic (exact) mass is 308 g/mol. The van der Waals surface area contributed by atoms with E-state index in [-0.39, 0.29) is 11.5 Å². The predicted molar refractivity (Wildman–Crippen MR) is 74.1 cm³/mol. The van der Waals surface area contributed by atoms with Crippen molar-refractivity contribution in [1.29, 1.82) is 5.26 Å². The van der Waals surface area contributed by atoms with Gasteiger partial charge >= 0.3 is 0 Å². The minimum absolute atomic E-state index is 0.0563. The van der Waals surface area contributed by atoms with Crippen LogP contribution in [0.2, 0.25) is 0 Å². The Kier molecular flexibility index (Phi) is 3.94. The molecule has 1 saturated carbocycles. The van der Waals surface area contributed by atoms with Crippen LogP contribution in [0.1, 0.15) is 37.8 Å². The quantitative estimate of drug-likeness (QED) is 0.905. The summed E-state index contributed by atoms with van der Waals surface area (Å²) >= 11 is 3.44. The molecule has 1 fully saturated rings. The minimum Gasteiger partial charge on any atom is -0.493 e. The topological polar surface area (TPSA) is 59.0 Å². The van der Waals surface area contributed by atoms with E-state index in [1.807, 2.05) is 25.1 Å². The van der Waals surface area contributed by atoms with Gasteiger partial charge in [-0.25, -0.2) is 0 Å². The molecule has 18 heavy (non-hydrogen) atoms. The van der Waals surface area contributed by atoms with Crippen molar-refractivity contribution in [3.05, 3.63) is 28.2 Å². The molecule has 1 aromatic rings. The Morgan fingerprint density at radius 1 is 1.56 bits per heavy atom. The van der Waals surface area contributed by atoms with Gasteiger partial charge in [-0.3, -0.25) is 0 Å². The van der Waals surface area contributed by atoms with Gasteiger partial charge in [0.2, 0.25) is 0 Å². The third-order valence-corrected chi connectivity index (χ3v) is 3.90. The first-order valence-electron chi connectivity index (χ1n) is 6.11. The third kappa shape index (κ3) is 3.04. The molecule has 0 heterocycles. The van der Waals surface area contributed by atoms with E-state index in [0.717, 1.165) is 28.6 Å². The van der Waals surface area contributed by atoms with Gasteiger partial charge in [0, 0.05) is 27.9 Å². The van der Waals surface area contributed by atoms with Crippen LogP contribution in [0, 0.1) is 16.7 Å². The number of nitrogens with two attached hydrogens (primary N) is 1. The highest BCUT2D eigenvalue weighted by atomic mass is 79.9. The fourth-order valence-electron chi connectivity index (χ4n) is 1.96. The molecule has 1 atom stereocenters. The molecule has 1 aliphatic carbocycles. The standard InChI is InChI=1S/C14H17BrN2O/c1-10(17)12-3-2-11(15)8-13(12)18-9-14(4-5-14)6-7-16/h2-3,8,10H,4-6,9,17H2,1H3/t10-/m0/s1. The van der Waals surface area contributed by atoms with Gasteiger partial charge in [-0.2, -0.15) is 5.26 Å². The SMILES string of the molecule is C[C@H](N)c1ccc(Br)cc1OCC1(CC#N)CC1. The summed E-state index contributed by atoms with van der Waals surface area (Å²) in [6.45, 7) is 2.55. The van der Waals surface area contributed by atoms with Gasteiger partial charge in [0.25, 0.3) is 0 Å². The average Bonchev–Trinajstić information content (AvgIpc) is 3.07. The molecule has 2 N–H and O–H groups in total. The van der Waals surface area contributed by atoms with Gasteiger partial charge in [-0.15, -0.1) is 0 Å². The molecular weight excluding hydrogens is 292 g/mol. The summed E-state index contributed by atoms with van der Waals surface area (Å²) in [4.78, 5) is 0. The molecule has 4 heteroatoms. The molecule has 0 aromatic heterocycles. The van der Waals surface area contributed by atoms with Crippen LogP contribution in [0.3, 0.4) is 0 Å². The maximum Gasteiger partial charge on any atom is 0.125 e. The van der Waals surface area contributed by atoms with Crippen LogP contribution in [-0.2, 0) is 0 Å². The van der Waals surface area contributed by atoms with Crippen molar-refractivity contribution >= 4 is 15.9 Å². The van der Waals surface area contributed by atoms with E-state index in [1.165, 1.54) is 0 Å². The van der Waals surface area contributed by atoms with Crippen molar-refractivity contribution in [3.8, 4) is 11.8 Å². The second-order valence-corrected chi connectivity index (χ2v) is 6.01. The zero-order chi connectivity index (χ0) is 13.2.